The van der Waals surface area contributed by atoms with Gasteiger partial charge < -0.3 is 10.2 Å². The second-order valence-corrected chi connectivity index (χ2v) is 8.36. The Bertz CT molecular complexity index is 1260. The highest BCUT2D eigenvalue weighted by atomic mass is 19.4. The fraction of sp³-hybridized carbons (Fsp3) is 0.231. The molecule has 3 aromatic rings. The van der Waals surface area contributed by atoms with Crippen LogP contribution in [0.25, 0.3) is 0 Å². The first-order valence-electron chi connectivity index (χ1n) is 11.0. The van der Waals surface area contributed by atoms with Gasteiger partial charge in [-0.3, -0.25) is 9.69 Å². The van der Waals surface area contributed by atoms with Crippen molar-refractivity contribution < 1.29 is 27.2 Å². The fourth-order valence-corrected chi connectivity index (χ4v) is 4.04. The number of hydrogen-bond acceptors (Lipinski definition) is 2. The van der Waals surface area contributed by atoms with Crippen LogP contribution >= 0.6 is 0 Å². The third-order valence-corrected chi connectivity index (χ3v) is 5.75. The number of carbonyl (C=O) groups excluding carboxylic acids is 2. The summed E-state index contributed by atoms with van der Waals surface area (Å²) in [6.45, 7) is 2.58. The molecule has 0 bridgehead atoms. The van der Waals surface area contributed by atoms with Crippen molar-refractivity contribution in [3.8, 4) is 0 Å². The van der Waals surface area contributed by atoms with Gasteiger partial charge >= 0.3 is 12.2 Å². The van der Waals surface area contributed by atoms with Crippen LogP contribution in [0.3, 0.4) is 0 Å². The van der Waals surface area contributed by atoms with E-state index in [4.69, 9.17) is 0 Å². The number of halogens is 4. The largest absolute Gasteiger partial charge is 0.416 e. The highest BCUT2D eigenvalue weighted by Crippen LogP contribution is 2.32. The molecule has 1 aliphatic heterocycles. The first-order valence-corrected chi connectivity index (χ1v) is 11.0. The number of nitrogens with one attached hydrogen (secondary N) is 1. The van der Waals surface area contributed by atoms with Gasteiger partial charge in [-0.1, -0.05) is 30.3 Å². The van der Waals surface area contributed by atoms with Gasteiger partial charge in [0.2, 0.25) is 0 Å². The highest BCUT2D eigenvalue weighted by Gasteiger charge is 2.32. The average Bonchev–Trinajstić information content (AvgIpc) is 2.81. The molecule has 0 atom stereocenters. The van der Waals surface area contributed by atoms with E-state index in [2.05, 4.69) is 5.32 Å². The number of anilines is 2. The average molecular weight is 485 g/mol. The minimum Gasteiger partial charge on any atom is -0.320 e. The molecule has 3 amide bonds. The lowest BCUT2D eigenvalue weighted by molar-refractivity contribution is -0.137. The second-order valence-electron chi connectivity index (χ2n) is 8.36. The number of nitrogens with zero attached hydrogens (tertiary/aromatic N) is 2. The topological polar surface area (TPSA) is 52.6 Å². The zero-order valence-electron chi connectivity index (χ0n) is 18.9. The van der Waals surface area contributed by atoms with Crippen molar-refractivity contribution in [3.05, 3.63) is 94.8 Å². The summed E-state index contributed by atoms with van der Waals surface area (Å²) in [5.41, 5.74) is 1.06. The SMILES string of the molecule is Cc1ccc(N2CCCN(Cc3cccc(C(F)(F)F)c3)C2=O)c(NC(=O)c2ccccc2F)c1. The van der Waals surface area contributed by atoms with Crippen LogP contribution in [0.15, 0.2) is 66.7 Å². The van der Waals surface area contributed by atoms with Crippen LogP contribution in [0.5, 0.6) is 0 Å². The monoisotopic (exact) mass is 485 g/mol. The molecule has 0 unspecified atom stereocenters. The van der Waals surface area contributed by atoms with Gasteiger partial charge in [-0.05, 0) is 60.9 Å². The Morgan fingerprint density at radius 2 is 1.77 bits per heavy atom. The second kappa shape index (κ2) is 9.77. The Morgan fingerprint density at radius 1 is 1.00 bits per heavy atom. The summed E-state index contributed by atoms with van der Waals surface area (Å²) in [6.07, 6.45) is -3.89. The molecular formula is C26H23F4N3O2. The molecule has 0 saturated carbocycles. The predicted molar refractivity (Wildman–Crippen MR) is 125 cm³/mol. The number of rotatable bonds is 5. The van der Waals surface area contributed by atoms with Crippen LogP contribution in [-0.2, 0) is 12.7 Å². The standard InChI is InChI=1S/C26H23F4N3O2/c1-17-10-11-23(22(14-17)31-24(34)20-8-2-3-9-21(20)27)33-13-5-12-32(25(33)35)16-18-6-4-7-19(15-18)26(28,29)30/h2-4,6-11,14-15H,5,12-13,16H2,1H3,(H,31,34). The maximum absolute atomic E-state index is 14.1. The first kappa shape index (κ1) is 24.3. The van der Waals surface area contributed by atoms with E-state index < -0.39 is 23.5 Å². The van der Waals surface area contributed by atoms with Gasteiger partial charge in [0, 0.05) is 19.6 Å². The number of hydrogen-bond donors (Lipinski definition) is 1. The molecule has 1 heterocycles. The van der Waals surface area contributed by atoms with Gasteiger partial charge in [0.1, 0.15) is 5.82 Å². The van der Waals surface area contributed by atoms with E-state index in [9.17, 15) is 27.2 Å². The molecule has 3 aromatic carbocycles. The van der Waals surface area contributed by atoms with E-state index in [1.165, 1.54) is 34.1 Å². The van der Waals surface area contributed by atoms with Gasteiger partial charge in [0.25, 0.3) is 5.91 Å². The maximum Gasteiger partial charge on any atom is 0.416 e. The Hall–Kier alpha value is -3.88. The third kappa shape index (κ3) is 5.45. The minimum atomic E-state index is -4.47. The summed E-state index contributed by atoms with van der Waals surface area (Å²) >= 11 is 0. The van der Waals surface area contributed by atoms with Crippen molar-refractivity contribution >= 4 is 23.3 Å². The lowest BCUT2D eigenvalue weighted by Gasteiger charge is -2.36. The summed E-state index contributed by atoms with van der Waals surface area (Å²) in [5, 5.41) is 2.70. The van der Waals surface area contributed by atoms with Crippen LogP contribution in [0.1, 0.15) is 33.5 Å². The van der Waals surface area contributed by atoms with Gasteiger partial charge in [0.05, 0.1) is 22.5 Å². The van der Waals surface area contributed by atoms with Crippen LogP contribution in [0.2, 0.25) is 0 Å². The summed E-state index contributed by atoms with van der Waals surface area (Å²) in [5.74, 6) is -1.32. The zero-order chi connectivity index (χ0) is 25.2. The fourth-order valence-electron chi connectivity index (χ4n) is 4.04. The van der Waals surface area contributed by atoms with Crippen LogP contribution in [-0.4, -0.2) is 29.9 Å². The van der Waals surface area contributed by atoms with Gasteiger partial charge in [-0.25, -0.2) is 9.18 Å². The minimum absolute atomic E-state index is 0.0159. The Kier molecular flexibility index (Phi) is 6.77. The molecule has 9 heteroatoms. The van der Waals surface area contributed by atoms with Crippen molar-refractivity contribution in [1.29, 1.82) is 0 Å². The number of benzene rings is 3. The van der Waals surface area contributed by atoms with Gasteiger partial charge in [0.15, 0.2) is 0 Å². The molecule has 0 aliphatic carbocycles. The first-order chi connectivity index (χ1) is 16.6. The molecule has 1 aliphatic rings. The maximum atomic E-state index is 14.1. The lowest BCUT2D eigenvalue weighted by Crippen LogP contribution is -2.49. The van der Waals surface area contributed by atoms with Gasteiger partial charge in [-0.2, -0.15) is 13.2 Å². The summed E-state index contributed by atoms with van der Waals surface area (Å²) in [6, 6.07) is 15.3. The molecule has 1 saturated heterocycles. The lowest BCUT2D eigenvalue weighted by atomic mass is 10.1. The highest BCUT2D eigenvalue weighted by molar-refractivity contribution is 6.07. The Morgan fingerprint density at radius 3 is 2.51 bits per heavy atom. The number of amides is 3. The molecule has 1 fully saturated rings. The third-order valence-electron chi connectivity index (χ3n) is 5.75. The molecule has 182 valence electrons. The molecule has 5 nitrogen and oxygen atoms in total. The van der Waals surface area contributed by atoms with E-state index >= 15 is 0 Å². The van der Waals surface area contributed by atoms with Crippen LogP contribution in [0, 0.1) is 12.7 Å². The van der Waals surface area contributed by atoms with Gasteiger partial charge in [-0.15, -0.1) is 0 Å². The Balaban J connectivity index is 1.58. The number of urea groups is 1. The summed E-state index contributed by atoms with van der Waals surface area (Å²) < 4.78 is 53.4. The van der Waals surface area contributed by atoms with E-state index in [-0.39, 0.29) is 18.1 Å². The van der Waals surface area contributed by atoms with Crippen LogP contribution in [0.4, 0.5) is 33.7 Å². The molecule has 0 radical (unpaired) electrons. The van der Waals surface area contributed by atoms with Crippen LogP contribution < -0.4 is 10.2 Å². The number of carbonyl (C=O) groups is 2. The van der Waals surface area contributed by atoms with E-state index in [0.717, 1.165) is 17.7 Å². The van der Waals surface area contributed by atoms with E-state index in [0.29, 0.717) is 36.4 Å². The van der Waals surface area contributed by atoms with E-state index in [1.54, 1.807) is 30.3 Å². The molecule has 4 rings (SSSR count). The van der Waals surface area contributed by atoms with Crippen molar-refractivity contribution in [1.82, 2.24) is 4.90 Å². The van der Waals surface area contributed by atoms with Crippen molar-refractivity contribution in [3.63, 3.8) is 0 Å². The Labute approximate surface area is 200 Å². The summed E-state index contributed by atoms with van der Waals surface area (Å²) in [4.78, 5) is 29.0. The molecular weight excluding hydrogens is 462 g/mol. The smallest absolute Gasteiger partial charge is 0.320 e. The molecule has 0 spiro atoms. The number of alkyl halides is 3. The molecule has 35 heavy (non-hydrogen) atoms. The number of aryl methyl sites for hydroxylation is 1. The molecule has 1 N–H and O–H groups in total. The quantitative estimate of drug-likeness (QED) is 0.435. The normalized spacial score (nSPS) is 14.3. The van der Waals surface area contributed by atoms with Crippen molar-refractivity contribution in [2.75, 3.05) is 23.3 Å². The van der Waals surface area contributed by atoms with Crippen molar-refractivity contribution in [2.45, 2.75) is 26.1 Å². The van der Waals surface area contributed by atoms with Crippen molar-refractivity contribution in [2.24, 2.45) is 0 Å². The summed E-state index contributed by atoms with van der Waals surface area (Å²) in [7, 11) is 0. The zero-order valence-corrected chi connectivity index (χ0v) is 18.9. The van der Waals surface area contributed by atoms with E-state index in [1.807, 2.05) is 6.92 Å². The molecule has 0 aromatic heterocycles. The predicted octanol–water partition coefficient (Wildman–Crippen LogP) is 6.24.